The van der Waals surface area contributed by atoms with E-state index in [1.807, 2.05) is 0 Å². The van der Waals surface area contributed by atoms with E-state index < -0.39 is 50.6 Å². The molecule has 1 aromatic carbocycles. The highest BCUT2D eigenvalue weighted by Gasteiger charge is 2.38. The van der Waals surface area contributed by atoms with E-state index in [0.717, 1.165) is 12.8 Å². The summed E-state index contributed by atoms with van der Waals surface area (Å²) in [6.45, 7) is 5.73. The van der Waals surface area contributed by atoms with Gasteiger partial charge < -0.3 is 14.5 Å². The number of carbonyl (C=O) groups excluding carboxylic acids is 3. The van der Waals surface area contributed by atoms with Gasteiger partial charge in [-0.25, -0.2) is 9.13 Å². The van der Waals surface area contributed by atoms with Crippen LogP contribution < -0.4 is 4.74 Å². The number of aryl methyl sites for hydroxylation is 1. The molecule has 1 fully saturated rings. The molecule has 3 unspecified atom stereocenters. The lowest BCUT2D eigenvalue weighted by atomic mass is 10.2. The molecule has 2 N–H and O–H groups in total. The molecule has 48 heavy (non-hydrogen) atoms. The normalized spacial score (nSPS) is 17.7. The highest BCUT2D eigenvalue weighted by atomic mass is 32.2. The van der Waals surface area contributed by atoms with Gasteiger partial charge in [-0.05, 0) is 70.8 Å². The second kappa shape index (κ2) is 19.9. The number of ether oxygens (including phenoxy) is 1. The van der Waals surface area contributed by atoms with E-state index in [1.165, 1.54) is 28.8 Å². The van der Waals surface area contributed by atoms with E-state index in [0.29, 0.717) is 43.4 Å². The van der Waals surface area contributed by atoms with Crippen molar-refractivity contribution in [2.75, 3.05) is 32.1 Å². The average molecular weight is 741 g/mol. The Balaban J connectivity index is 1.53. The molecule has 16 nitrogen and oxygen atoms in total. The van der Waals surface area contributed by atoms with Gasteiger partial charge >= 0.3 is 27.3 Å². The standard InChI is InChI=1S/C29H46N2O14P2S/c1-22-13-14-24(23(20-22)31(35)36)44-27(33)12-8-7-9-15-30-26(32)21-25(28(30)34)48-19-11-6-5-10-16-41-46(37,38)42-17-18-43-47(39,40)45-29(2,3)4/h13-14,20,25H,5-12,15-19,21H2,1-4H3,(H,37,38)(H,39,40). The van der Waals surface area contributed by atoms with Crippen LogP contribution in [0, 0.1) is 17.0 Å². The number of nitrogens with zero attached hydrogens (tertiary/aromatic N) is 2. The molecule has 272 valence electrons. The SMILES string of the molecule is Cc1ccc(OC(=O)CCCCCN2C(=O)CC(SCCCCCCOP(=O)(O)OCCOP(=O)(O)OC(C)(C)C)C2=O)c([N+](=O)[O-])c1. The van der Waals surface area contributed by atoms with Crippen molar-refractivity contribution in [1.29, 1.82) is 0 Å². The number of esters is 1. The molecule has 0 aromatic heterocycles. The number of imide groups is 1. The summed E-state index contributed by atoms with van der Waals surface area (Å²) in [6, 6.07) is 4.34. The molecule has 0 aliphatic carbocycles. The van der Waals surface area contributed by atoms with Crippen LogP contribution in [0.5, 0.6) is 5.75 Å². The van der Waals surface area contributed by atoms with E-state index in [2.05, 4.69) is 0 Å². The van der Waals surface area contributed by atoms with Gasteiger partial charge in [-0.2, -0.15) is 0 Å². The Kier molecular flexibility index (Phi) is 17.4. The smallest absolute Gasteiger partial charge is 0.419 e. The van der Waals surface area contributed by atoms with Crippen LogP contribution in [-0.4, -0.2) is 80.4 Å². The third-order valence-electron chi connectivity index (χ3n) is 6.59. The Morgan fingerprint density at radius 1 is 0.979 bits per heavy atom. The number of rotatable bonds is 23. The number of nitro groups is 1. The molecule has 1 heterocycles. The molecular formula is C29H46N2O14P2S. The van der Waals surface area contributed by atoms with Gasteiger partial charge in [0.25, 0.3) is 0 Å². The van der Waals surface area contributed by atoms with Crippen molar-refractivity contribution >= 4 is 50.9 Å². The zero-order chi connectivity index (χ0) is 36.0. The second-order valence-corrected chi connectivity index (χ2v) is 16.2. The number of benzene rings is 1. The van der Waals surface area contributed by atoms with Crippen molar-refractivity contribution in [2.45, 2.75) is 96.3 Å². The summed E-state index contributed by atoms with van der Waals surface area (Å²) in [6.07, 6.45) is 4.44. The highest BCUT2D eigenvalue weighted by molar-refractivity contribution is 8.00. The summed E-state index contributed by atoms with van der Waals surface area (Å²) in [5.41, 5.74) is -0.523. The average Bonchev–Trinajstić information content (AvgIpc) is 3.23. The summed E-state index contributed by atoms with van der Waals surface area (Å²) < 4.78 is 48.1. The number of thioether (sulfide) groups is 1. The van der Waals surface area contributed by atoms with E-state index in [9.17, 15) is 43.4 Å². The van der Waals surface area contributed by atoms with Gasteiger partial charge in [0.05, 0.1) is 35.6 Å². The number of amides is 2. The third kappa shape index (κ3) is 16.5. The summed E-state index contributed by atoms with van der Waals surface area (Å²) in [7, 11) is -8.69. The molecule has 1 aromatic rings. The van der Waals surface area contributed by atoms with Crippen molar-refractivity contribution in [3.63, 3.8) is 0 Å². The lowest BCUT2D eigenvalue weighted by Gasteiger charge is -2.22. The van der Waals surface area contributed by atoms with Crippen molar-refractivity contribution < 1.29 is 61.1 Å². The van der Waals surface area contributed by atoms with Crippen LogP contribution in [0.3, 0.4) is 0 Å². The number of hydrogen-bond acceptors (Lipinski definition) is 13. The van der Waals surface area contributed by atoms with E-state index in [1.54, 1.807) is 33.8 Å². The first-order valence-corrected chi connectivity index (χ1v) is 19.6. The van der Waals surface area contributed by atoms with Crippen LogP contribution in [0.25, 0.3) is 0 Å². The van der Waals surface area contributed by atoms with Crippen LogP contribution in [0.15, 0.2) is 18.2 Å². The quantitative estimate of drug-likeness (QED) is 0.0255. The van der Waals surface area contributed by atoms with Gasteiger partial charge in [-0.1, -0.05) is 25.3 Å². The summed E-state index contributed by atoms with van der Waals surface area (Å²) in [5.74, 6) is -0.491. The van der Waals surface area contributed by atoms with Gasteiger partial charge in [0, 0.05) is 25.5 Å². The molecular weight excluding hydrogens is 694 g/mol. The maximum Gasteiger partial charge on any atom is 0.472 e. The van der Waals surface area contributed by atoms with Crippen molar-refractivity contribution in [3.05, 3.63) is 33.9 Å². The topological polar surface area (TPSA) is 218 Å². The first-order chi connectivity index (χ1) is 22.4. The second-order valence-electron chi connectivity index (χ2n) is 12.0. The molecule has 19 heteroatoms. The van der Waals surface area contributed by atoms with Gasteiger partial charge in [-0.3, -0.25) is 47.5 Å². The number of nitro benzene ring substituents is 1. The molecule has 2 amide bonds. The van der Waals surface area contributed by atoms with Gasteiger partial charge in [0.15, 0.2) is 0 Å². The molecule has 1 saturated heterocycles. The molecule has 0 spiro atoms. The zero-order valence-corrected chi connectivity index (χ0v) is 30.3. The van der Waals surface area contributed by atoms with Crippen LogP contribution in [0.4, 0.5) is 5.69 Å². The van der Waals surface area contributed by atoms with E-state index in [4.69, 9.17) is 22.8 Å². The fourth-order valence-corrected chi connectivity index (χ4v) is 7.42. The number of hydrogen-bond donors (Lipinski definition) is 2. The first-order valence-electron chi connectivity index (χ1n) is 15.6. The predicted molar refractivity (Wildman–Crippen MR) is 176 cm³/mol. The molecule has 0 bridgehead atoms. The molecule has 1 aliphatic heterocycles. The number of unbranched alkanes of at least 4 members (excludes halogenated alkanes) is 5. The van der Waals surface area contributed by atoms with Gasteiger partial charge in [-0.15, -0.1) is 11.8 Å². The molecule has 0 radical (unpaired) electrons. The Morgan fingerprint density at radius 3 is 2.27 bits per heavy atom. The minimum atomic E-state index is -4.36. The number of carbonyl (C=O) groups is 3. The minimum absolute atomic E-state index is 0.0333. The number of likely N-dealkylation sites (tertiary alicyclic amines) is 1. The van der Waals surface area contributed by atoms with Gasteiger partial charge in [0.1, 0.15) is 0 Å². The van der Waals surface area contributed by atoms with Crippen LogP contribution in [-0.2, 0) is 41.6 Å². The van der Waals surface area contributed by atoms with E-state index >= 15 is 0 Å². The highest BCUT2D eigenvalue weighted by Crippen LogP contribution is 2.48. The fraction of sp³-hybridized carbons (Fsp3) is 0.690. The maximum atomic E-state index is 12.7. The lowest BCUT2D eigenvalue weighted by Crippen LogP contribution is -2.32. The van der Waals surface area contributed by atoms with Gasteiger partial charge in [0.2, 0.25) is 17.6 Å². The van der Waals surface area contributed by atoms with Crippen molar-refractivity contribution in [2.24, 2.45) is 0 Å². The number of phosphoric acid groups is 2. The summed E-state index contributed by atoms with van der Waals surface area (Å²) in [5, 5.41) is 10.8. The summed E-state index contributed by atoms with van der Waals surface area (Å²) in [4.78, 5) is 68.5. The third-order valence-corrected chi connectivity index (χ3v) is 10.2. The predicted octanol–water partition coefficient (Wildman–Crippen LogP) is 5.86. The molecule has 1 aliphatic rings. The number of phosphoric ester groups is 2. The Morgan fingerprint density at radius 2 is 1.60 bits per heavy atom. The minimum Gasteiger partial charge on any atom is -0.419 e. The first kappa shape index (κ1) is 42.0. The summed E-state index contributed by atoms with van der Waals surface area (Å²) >= 11 is 1.42. The van der Waals surface area contributed by atoms with Crippen molar-refractivity contribution in [1.82, 2.24) is 4.90 Å². The Hall–Kier alpha value is -2.20. The van der Waals surface area contributed by atoms with Crippen LogP contribution >= 0.6 is 27.4 Å². The Bertz CT molecular complexity index is 1360. The monoisotopic (exact) mass is 740 g/mol. The fourth-order valence-electron chi connectivity index (χ4n) is 4.44. The van der Waals surface area contributed by atoms with Crippen LogP contribution in [0.1, 0.15) is 84.1 Å². The molecule has 2 rings (SSSR count). The lowest BCUT2D eigenvalue weighted by molar-refractivity contribution is -0.385. The van der Waals surface area contributed by atoms with Crippen molar-refractivity contribution in [3.8, 4) is 5.75 Å². The molecule has 0 saturated carbocycles. The maximum absolute atomic E-state index is 12.7. The van der Waals surface area contributed by atoms with E-state index in [-0.39, 0.29) is 49.2 Å². The largest absolute Gasteiger partial charge is 0.472 e. The van der Waals surface area contributed by atoms with Crippen LogP contribution in [0.2, 0.25) is 0 Å². The Labute approximate surface area is 284 Å². The zero-order valence-electron chi connectivity index (χ0n) is 27.7. The molecule has 3 atom stereocenters.